The third-order valence-electron chi connectivity index (χ3n) is 3.23. The topological polar surface area (TPSA) is 12.5 Å². The van der Waals surface area contributed by atoms with Gasteiger partial charge in [-0.15, -0.1) is 0 Å². The molecule has 88 valence electrons. The van der Waals surface area contributed by atoms with Crippen molar-refractivity contribution in [2.24, 2.45) is 0 Å². The van der Waals surface area contributed by atoms with Crippen molar-refractivity contribution in [3.05, 3.63) is 29.8 Å². The second-order valence-electron chi connectivity index (χ2n) is 4.59. The molecule has 1 saturated heterocycles. The third kappa shape index (κ3) is 2.99. The Balaban J connectivity index is 1.91. The Labute approximate surface area is 98.2 Å². The lowest BCUT2D eigenvalue weighted by Gasteiger charge is -2.32. The number of ether oxygens (including phenoxy) is 1. The van der Waals surface area contributed by atoms with E-state index in [1.54, 1.807) is 0 Å². The Bertz CT molecular complexity index is 320. The maximum atomic E-state index is 6.00. The molecule has 16 heavy (non-hydrogen) atoms. The summed E-state index contributed by atoms with van der Waals surface area (Å²) >= 11 is 0. The zero-order valence-corrected chi connectivity index (χ0v) is 10.3. The van der Waals surface area contributed by atoms with Crippen molar-refractivity contribution >= 4 is 0 Å². The second kappa shape index (κ2) is 5.35. The molecule has 1 fully saturated rings. The highest BCUT2D eigenvalue weighted by atomic mass is 16.5. The number of hydrogen-bond donors (Lipinski definition) is 0. The fourth-order valence-electron chi connectivity index (χ4n) is 2.21. The van der Waals surface area contributed by atoms with Crippen molar-refractivity contribution < 1.29 is 4.74 Å². The van der Waals surface area contributed by atoms with E-state index in [1.165, 1.54) is 24.9 Å². The van der Waals surface area contributed by atoms with Gasteiger partial charge in [0.2, 0.25) is 0 Å². The number of nitrogens with zero attached hydrogens (tertiary/aromatic N) is 1. The Kier molecular flexibility index (Phi) is 3.83. The molecule has 1 unspecified atom stereocenters. The first kappa shape index (κ1) is 11.5. The van der Waals surface area contributed by atoms with Gasteiger partial charge < -0.3 is 4.74 Å². The summed E-state index contributed by atoms with van der Waals surface area (Å²) in [6, 6.07) is 8.35. The van der Waals surface area contributed by atoms with Crippen molar-refractivity contribution in [2.45, 2.75) is 32.8 Å². The predicted octanol–water partition coefficient (Wildman–Crippen LogP) is 2.86. The highest BCUT2D eigenvalue weighted by Crippen LogP contribution is 2.18. The van der Waals surface area contributed by atoms with Crippen molar-refractivity contribution in [1.82, 2.24) is 4.90 Å². The normalized spacial score (nSPS) is 22.0. The Morgan fingerprint density at radius 2 is 2.06 bits per heavy atom. The second-order valence-corrected chi connectivity index (χ2v) is 4.59. The third-order valence-corrected chi connectivity index (χ3v) is 3.23. The first-order valence-corrected chi connectivity index (χ1v) is 6.23. The van der Waals surface area contributed by atoms with Gasteiger partial charge >= 0.3 is 0 Å². The number of benzene rings is 1. The molecule has 1 aromatic carbocycles. The van der Waals surface area contributed by atoms with Gasteiger partial charge in [0.1, 0.15) is 11.9 Å². The average Bonchev–Trinajstić information content (AvgIpc) is 2.32. The number of likely N-dealkylation sites (N-methyl/N-ethyl adjacent to an activating group) is 1. The van der Waals surface area contributed by atoms with Gasteiger partial charge in [-0.3, -0.25) is 4.90 Å². The Morgan fingerprint density at radius 1 is 1.31 bits per heavy atom. The smallest absolute Gasteiger partial charge is 0.119 e. The lowest BCUT2D eigenvalue weighted by atomic mass is 10.1. The highest BCUT2D eigenvalue weighted by Gasteiger charge is 2.19. The maximum absolute atomic E-state index is 6.00. The molecule has 0 saturated carbocycles. The van der Waals surface area contributed by atoms with Crippen LogP contribution in [0.5, 0.6) is 5.75 Å². The van der Waals surface area contributed by atoms with E-state index in [9.17, 15) is 0 Å². The fraction of sp³-hybridized carbons (Fsp3) is 0.571. The Hall–Kier alpha value is -1.02. The van der Waals surface area contributed by atoms with Gasteiger partial charge in [-0.25, -0.2) is 0 Å². The van der Waals surface area contributed by atoms with E-state index in [0.717, 1.165) is 18.8 Å². The summed E-state index contributed by atoms with van der Waals surface area (Å²) in [5.41, 5.74) is 1.28. The van der Waals surface area contributed by atoms with Gasteiger partial charge in [0, 0.05) is 6.54 Å². The predicted molar refractivity (Wildman–Crippen MR) is 66.9 cm³/mol. The van der Waals surface area contributed by atoms with Crippen molar-refractivity contribution in [2.75, 3.05) is 19.6 Å². The van der Waals surface area contributed by atoms with Crippen molar-refractivity contribution in [1.29, 1.82) is 0 Å². The van der Waals surface area contributed by atoms with Gasteiger partial charge in [0.25, 0.3) is 0 Å². The average molecular weight is 219 g/mol. The number of hydrogen-bond acceptors (Lipinski definition) is 2. The van der Waals surface area contributed by atoms with Crippen LogP contribution in [0.1, 0.15) is 25.3 Å². The number of aryl methyl sites for hydroxylation is 1. The molecule has 1 aliphatic heterocycles. The lowest BCUT2D eigenvalue weighted by Crippen LogP contribution is -2.40. The molecule has 1 atom stereocenters. The van der Waals surface area contributed by atoms with E-state index in [4.69, 9.17) is 4.74 Å². The van der Waals surface area contributed by atoms with E-state index in [2.05, 4.69) is 43.0 Å². The maximum Gasteiger partial charge on any atom is 0.119 e. The van der Waals surface area contributed by atoms with Crippen LogP contribution in [-0.4, -0.2) is 30.6 Å². The van der Waals surface area contributed by atoms with Crippen LogP contribution >= 0.6 is 0 Å². The molecule has 0 spiro atoms. The van der Waals surface area contributed by atoms with Crippen LogP contribution in [0.3, 0.4) is 0 Å². The largest absolute Gasteiger partial charge is 0.489 e. The molecule has 0 aliphatic carbocycles. The lowest BCUT2D eigenvalue weighted by molar-refractivity contribution is 0.0920. The van der Waals surface area contributed by atoms with Crippen molar-refractivity contribution in [3.63, 3.8) is 0 Å². The summed E-state index contributed by atoms with van der Waals surface area (Å²) in [5, 5.41) is 0. The minimum atomic E-state index is 0.372. The molecular formula is C14H21NO. The fourth-order valence-corrected chi connectivity index (χ4v) is 2.21. The van der Waals surface area contributed by atoms with Crippen LogP contribution in [-0.2, 0) is 0 Å². The summed E-state index contributed by atoms with van der Waals surface area (Å²) < 4.78 is 6.00. The first-order valence-electron chi connectivity index (χ1n) is 6.23. The van der Waals surface area contributed by atoms with Crippen LogP contribution in [0.15, 0.2) is 24.3 Å². The monoisotopic (exact) mass is 219 g/mol. The summed E-state index contributed by atoms with van der Waals surface area (Å²) in [6.45, 7) is 7.75. The van der Waals surface area contributed by atoms with E-state index >= 15 is 0 Å². The van der Waals surface area contributed by atoms with Gasteiger partial charge in [-0.2, -0.15) is 0 Å². The standard InChI is InChI=1S/C14H21NO/c1-3-15-10-4-5-14(11-15)16-13-8-6-12(2)7-9-13/h6-9,14H,3-5,10-11H2,1-2H3. The number of rotatable bonds is 3. The molecule has 0 N–H and O–H groups in total. The quantitative estimate of drug-likeness (QED) is 0.775. The molecule has 0 amide bonds. The minimum absolute atomic E-state index is 0.372. The van der Waals surface area contributed by atoms with Crippen LogP contribution in [0.25, 0.3) is 0 Å². The molecule has 2 nitrogen and oxygen atoms in total. The van der Waals surface area contributed by atoms with E-state index in [-0.39, 0.29) is 0 Å². The number of piperidine rings is 1. The first-order chi connectivity index (χ1) is 7.78. The highest BCUT2D eigenvalue weighted by molar-refractivity contribution is 5.26. The van der Waals surface area contributed by atoms with E-state index in [0.29, 0.717) is 6.10 Å². The number of likely N-dealkylation sites (tertiary alicyclic amines) is 1. The summed E-state index contributed by atoms with van der Waals surface area (Å²) in [6.07, 6.45) is 2.81. The molecule has 0 bridgehead atoms. The molecule has 1 aromatic rings. The van der Waals surface area contributed by atoms with Gasteiger partial charge in [0.15, 0.2) is 0 Å². The van der Waals surface area contributed by atoms with Crippen LogP contribution in [0.4, 0.5) is 0 Å². The molecule has 1 aliphatic rings. The van der Waals surface area contributed by atoms with Crippen LogP contribution < -0.4 is 4.74 Å². The van der Waals surface area contributed by atoms with Crippen LogP contribution in [0.2, 0.25) is 0 Å². The molecule has 2 heteroatoms. The van der Waals surface area contributed by atoms with Gasteiger partial charge in [-0.1, -0.05) is 24.6 Å². The zero-order chi connectivity index (χ0) is 11.4. The van der Waals surface area contributed by atoms with Gasteiger partial charge in [0.05, 0.1) is 0 Å². The minimum Gasteiger partial charge on any atom is -0.489 e. The zero-order valence-electron chi connectivity index (χ0n) is 10.3. The molecule has 0 aromatic heterocycles. The van der Waals surface area contributed by atoms with Gasteiger partial charge in [-0.05, 0) is 45.0 Å². The summed E-state index contributed by atoms with van der Waals surface area (Å²) in [5.74, 6) is 1.01. The summed E-state index contributed by atoms with van der Waals surface area (Å²) in [7, 11) is 0. The summed E-state index contributed by atoms with van der Waals surface area (Å²) in [4.78, 5) is 2.46. The SMILES string of the molecule is CCN1CCCC(Oc2ccc(C)cc2)C1. The Morgan fingerprint density at radius 3 is 2.75 bits per heavy atom. The van der Waals surface area contributed by atoms with E-state index < -0.39 is 0 Å². The van der Waals surface area contributed by atoms with E-state index in [1.807, 2.05) is 0 Å². The van der Waals surface area contributed by atoms with Crippen LogP contribution in [0, 0.1) is 6.92 Å². The molecule has 0 radical (unpaired) electrons. The molecule has 1 heterocycles. The van der Waals surface area contributed by atoms with Crippen molar-refractivity contribution in [3.8, 4) is 5.75 Å². The molecule has 2 rings (SSSR count). The molecular weight excluding hydrogens is 198 g/mol.